The molecule has 0 saturated heterocycles. The molecule has 154 valence electrons. The van der Waals surface area contributed by atoms with Gasteiger partial charge >= 0.3 is 6.09 Å². The first-order valence-electron chi connectivity index (χ1n) is 8.39. The van der Waals surface area contributed by atoms with Gasteiger partial charge in [0.05, 0.1) is 30.1 Å². The SMILES string of the molecule is COC(=O)Nc1c(N)nc(-c2nn(Cc3sccc3F)c3ncc(F)cc23)nc1N. The zero-order valence-corrected chi connectivity index (χ0v) is 16.2. The van der Waals surface area contributed by atoms with Crippen LogP contribution in [0.2, 0.25) is 0 Å². The van der Waals surface area contributed by atoms with Crippen LogP contribution in [0.4, 0.5) is 30.9 Å². The zero-order chi connectivity index (χ0) is 21.4. The molecular formula is C17H14F2N8O2S. The summed E-state index contributed by atoms with van der Waals surface area (Å²) < 4.78 is 33.7. The Morgan fingerprint density at radius 3 is 2.67 bits per heavy atom. The number of hydrogen-bond donors (Lipinski definition) is 3. The van der Waals surface area contributed by atoms with Crippen LogP contribution in [0, 0.1) is 11.6 Å². The quantitative estimate of drug-likeness (QED) is 0.446. The van der Waals surface area contributed by atoms with Crippen LogP contribution < -0.4 is 16.8 Å². The molecule has 0 aromatic carbocycles. The summed E-state index contributed by atoms with van der Waals surface area (Å²) in [5.74, 6) is -1.27. The number of ether oxygens (including phenoxy) is 1. The first-order valence-corrected chi connectivity index (χ1v) is 9.27. The summed E-state index contributed by atoms with van der Waals surface area (Å²) in [6.07, 6.45) is 0.228. The van der Waals surface area contributed by atoms with E-state index in [9.17, 15) is 13.6 Å². The highest BCUT2D eigenvalue weighted by Gasteiger charge is 2.21. The van der Waals surface area contributed by atoms with Gasteiger partial charge in [-0.15, -0.1) is 11.3 Å². The van der Waals surface area contributed by atoms with Gasteiger partial charge in [0.1, 0.15) is 23.0 Å². The summed E-state index contributed by atoms with van der Waals surface area (Å²) in [6.45, 7) is 0.0750. The summed E-state index contributed by atoms with van der Waals surface area (Å²) in [4.78, 5) is 24.2. The Hall–Kier alpha value is -3.87. The normalized spacial score (nSPS) is 11.0. The minimum Gasteiger partial charge on any atom is -0.453 e. The van der Waals surface area contributed by atoms with Crippen molar-refractivity contribution in [2.45, 2.75) is 6.54 Å². The maximum Gasteiger partial charge on any atom is 0.411 e. The van der Waals surface area contributed by atoms with Gasteiger partial charge in [-0.05, 0) is 17.5 Å². The molecule has 5 N–H and O–H groups in total. The van der Waals surface area contributed by atoms with E-state index in [4.69, 9.17) is 11.5 Å². The first kappa shape index (κ1) is 19.4. The Morgan fingerprint density at radius 2 is 2.03 bits per heavy atom. The molecule has 4 heterocycles. The molecule has 13 heteroatoms. The van der Waals surface area contributed by atoms with Gasteiger partial charge in [-0.2, -0.15) is 5.10 Å². The molecule has 4 rings (SSSR count). The molecule has 0 aliphatic rings. The monoisotopic (exact) mass is 432 g/mol. The first-order chi connectivity index (χ1) is 14.4. The standard InChI is InChI=1S/C17H14F2N8O2S/c1-29-17(28)23-12-13(20)24-15(25-14(12)21)11-8-4-7(18)5-22-16(8)27(26-11)6-10-9(19)2-3-30-10/h2-5H,6H2,1H3,(H,23,28)(H4,20,21,24,25). The van der Waals surface area contributed by atoms with E-state index in [2.05, 4.69) is 30.1 Å². The van der Waals surface area contributed by atoms with Gasteiger partial charge in [0.25, 0.3) is 0 Å². The second-order valence-corrected chi connectivity index (χ2v) is 7.03. The number of methoxy groups -OCH3 is 1. The molecule has 0 spiro atoms. The maximum absolute atomic E-state index is 13.9. The number of anilines is 3. The zero-order valence-electron chi connectivity index (χ0n) is 15.4. The predicted octanol–water partition coefficient (Wildman–Crippen LogP) is 2.62. The third kappa shape index (κ3) is 3.45. The van der Waals surface area contributed by atoms with Gasteiger partial charge < -0.3 is 16.2 Å². The number of nitrogen functional groups attached to an aromatic ring is 2. The molecule has 0 unspecified atom stereocenters. The second kappa shape index (κ2) is 7.51. The van der Waals surface area contributed by atoms with E-state index in [0.29, 0.717) is 15.9 Å². The topological polar surface area (TPSA) is 147 Å². The number of fused-ring (bicyclic) bond motifs is 1. The van der Waals surface area contributed by atoms with E-state index in [0.717, 1.165) is 6.20 Å². The fraction of sp³-hybridized carbons (Fsp3) is 0.118. The van der Waals surface area contributed by atoms with E-state index in [-0.39, 0.29) is 41.2 Å². The molecule has 0 bridgehead atoms. The van der Waals surface area contributed by atoms with Crippen LogP contribution >= 0.6 is 11.3 Å². The Bertz CT molecular complexity index is 1250. The highest BCUT2D eigenvalue weighted by atomic mass is 32.1. The van der Waals surface area contributed by atoms with Gasteiger partial charge in [0.2, 0.25) is 0 Å². The van der Waals surface area contributed by atoms with Crippen molar-refractivity contribution < 1.29 is 18.3 Å². The number of hydrogen-bond acceptors (Lipinski definition) is 9. The van der Waals surface area contributed by atoms with Gasteiger partial charge in [0.15, 0.2) is 23.1 Å². The number of thiophene rings is 1. The number of nitrogens with zero attached hydrogens (tertiary/aromatic N) is 5. The Balaban J connectivity index is 1.83. The number of nitrogens with one attached hydrogen (secondary N) is 1. The van der Waals surface area contributed by atoms with E-state index in [1.54, 1.807) is 5.38 Å². The van der Waals surface area contributed by atoms with E-state index in [1.807, 2.05) is 0 Å². The molecular weight excluding hydrogens is 418 g/mol. The van der Waals surface area contributed by atoms with Crippen molar-refractivity contribution in [2.24, 2.45) is 0 Å². The van der Waals surface area contributed by atoms with E-state index >= 15 is 0 Å². The molecule has 4 aromatic heterocycles. The van der Waals surface area contributed by atoms with Crippen molar-refractivity contribution in [3.8, 4) is 11.5 Å². The van der Waals surface area contributed by atoms with Crippen molar-refractivity contribution in [1.29, 1.82) is 0 Å². The lowest BCUT2D eigenvalue weighted by atomic mass is 10.2. The fourth-order valence-corrected chi connectivity index (χ4v) is 3.50. The fourth-order valence-electron chi connectivity index (χ4n) is 2.77. The van der Waals surface area contributed by atoms with Gasteiger partial charge in [0, 0.05) is 0 Å². The van der Waals surface area contributed by atoms with Gasteiger partial charge in [-0.25, -0.2) is 33.2 Å². The lowest BCUT2D eigenvalue weighted by Gasteiger charge is -2.10. The highest BCUT2D eigenvalue weighted by molar-refractivity contribution is 7.09. The highest BCUT2D eigenvalue weighted by Crippen LogP contribution is 2.31. The van der Waals surface area contributed by atoms with Crippen molar-refractivity contribution in [3.63, 3.8) is 0 Å². The third-order valence-electron chi connectivity index (χ3n) is 4.13. The molecule has 0 radical (unpaired) electrons. The molecule has 0 saturated carbocycles. The lowest BCUT2D eigenvalue weighted by molar-refractivity contribution is 0.187. The number of carbonyl (C=O) groups is 1. The van der Waals surface area contributed by atoms with E-state index in [1.165, 1.54) is 35.3 Å². The number of amides is 1. The van der Waals surface area contributed by atoms with Crippen LogP contribution in [0.3, 0.4) is 0 Å². The molecule has 10 nitrogen and oxygen atoms in total. The summed E-state index contributed by atoms with van der Waals surface area (Å²) in [5.41, 5.74) is 12.2. The molecule has 0 fully saturated rings. The molecule has 0 atom stereocenters. The summed E-state index contributed by atoms with van der Waals surface area (Å²) in [7, 11) is 1.17. The van der Waals surface area contributed by atoms with Crippen LogP contribution in [0.15, 0.2) is 23.7 Å². The third-order valence-corrected chi connectivity index (χ3v) is 5.01. The molecule has 30 heavy (non-hydrogen) atoms. The molecule has 1 amide bonds. The largest absolute Gasteiger partial charge is 0.453 e. The van der Waals surface area contributed by atoms with Gasteiger partial charge in [-0.1, -0.05) is 0 Å². The number of pyridine rings is 1. The van der Waals surface area contributed by atoms with Crippen molar-refractivity contribution in [1.82, 2.24) is 24.7 Å². The second-order valence-electron chi connectivity index (χ2n) is 6.03. The van der Waals surface area contributed by atoms with Crippen molar-refractivity contribution in [3.05, 3.63) is 40.2 Å². The van der Waals surface area contributed by atoms with E-state index < -0.39 is 11.9 Å². The molecule has 0 aliphatic heterocycles. The van der Waals surface area contributed by atoms with Crippen LogP contribution in [0.25, 0.3) is 22.6 Å². The number of rotatable bonds is 4. The van der Waals surface area contributed by atoms with Gasteiger partial charge in [-0.3, -0.25) is 5.32 Å². The van der Waals surface area contributed by atoms with Crippen molar-refractivity contribution in [2.75, 3.05) is 23.9 Å². The van der Waals surface area contributed by atoms with Crippen molar-refractivity contribution >= 4 is 45.8 Å². The number of nitrogens with two attached hydrogens (primary N) is 2. The molecule has 0 aliphatic carbocycles. The smallest absolute Gasteiger partial charge is 0.411 e. The number of aromatic nitrogens is 5. The average molecular weight is 432 g/mol. The van der Waals surface area contributed by atoms with Crippen LogP contribution in [-0.4, -0.2) is 37.9 Å². The van der Waals surface area contributed by atoms with Crippen LogP contribution in [0.5, 0.6) is 0 Å². The minimum atomic E-state index is -0.802. The minimum absolute atomic E-state index is 0.0109. The molecule has 4 aromatic rings. The number of carbonyl (C=O) groups excluding carboxylic acids is 1. The Morgan fingerprint density at radius 1 is 1.30 bits per heavy atom. The summed E-state index contributed by atoms with van der Waals surface area (Å²) in [5, 5.41) is 8.61. The summed E-state index contributed by atoms with van der Waals surface area (Å²) >= 11 is 1.21. The maximum atomic E-state index is 13.9. The Labute approximate surface area is 171 Å². The predicted molar refractivity (Wildman–Crippen MR) is 107 cm³/mol. The van der Waals surface area contributed by atoms with Crippen LogP contribution in [-0.2, 0) is 11.3 Å². The average Bonchev–Trinajstić information content (AvgIpc) is 3.28. The summed E-state index contributed by atoms with van der Waals surface area (Å²) in [6, 6.07) is 2.56. The Kier molecular flexibility index (Phi) is 4.87. The van der Waals surface area contributed by atoms with Crippen LogP contribution in [0.1, 0.15) is 4.88 Å². The number of halogens is 2. The lowest BCUT2D eigenvalue weighted by Crippen LogP contribution is -2.16.